The summed E-state index contributed by atoms with van der Waals surface area (Å²) >= 11 is 11.9. The van der Waals surface area contributed by atoms with Crippen LogP contribution in [-0.4, -0.2) is 0 Å². The average molecular weight is 202 g/mol. The minimum absolute atomic E-state index is 0.121. The number of fused-ring (bicyclic) bond motifs is 1. The first kappa shape index (κ1) is 8.36. The van der Waals surface area contributed by atoms with E-state index in [2.05, 4.69) is 0 Å². The highest BCUT2D eigenvalue weighted by molar-refractivity contribution is 6.35. The van der Waals surface area contributed by atoms with E-state index in [0.29, 0.717) is 5.02 Å². The molecule has 0 spiro atoms. The first-order valence-corrected chi connectivity index (χ1v) is 4.67. The second-order valence-electron chi connectivity index (χ2n) is 3.10. The smallest absolute Gasteiger partial charge is 0.0456 e. The van der Waals surface area contributed by atoms with Gasteiger partial charge in [-0.15, -0.1) is 0 Å². The summed E-state index contributed by atoms with van der Waals surface area (Å²) < 4.78 is 0. The minimum atomic E-state index is 0.121. The zero-order chi connectivity index (χ0) is 8.72. The van der Waals surface area contributed by atoms with Crippen molar-refractivity contribution in [2.24, 2.45) is 5.73 Å². The molecule has 0 fully saturated rings. The average Bonchev–Trinajstić information content (AvgIpc) is 2.33. The maximum atomic E-state index is 6.00. The van der Waals surface area contributed by atoms with Gasteiger partial charge in [-0.25, -0.2) is 0 Å². The quantitative estimate of drug-likeness (QED) is 0.687. The van der Waals surface area contributed by atoms with E-state index in [1.54, 1.807) is 6.07 Å². The maximum Gasteiger partial charge on any atom is 0.0456 e. The number of hydrogen-bond acceptors (Lipinski definition) is 1. The second kappa shape index (κ2) is 2.91. The van der Waals surface area contributed by atoms with E-state index < -0.39 is 0 Å². The molecular formula is C9H9Cl2N. The highest BCUT2D eigenvalue weighted by Gasteiger charge is 2.21. The highest BCUT2D eigenvalue weighted by atomic mass is 35.5. The lowest BCUT2D eigenvalue weighted by atomic mass is 10.1. The fourth-order valence-corrected chi connectivity index (χ4v) is 2.28. The molecule has 64 valence electrons. The van der Waals surface area contributed by atoms with Gasteiger partial charge < -0.3 is 5.73 Å². The lowest BCUT2D eigenvalue weighted by Crippen LogP contribution is -2.04. The summed E-state index contributed by atoms with van der Waals surface area (Å²) in [7, 11) is 0. The second-order valence-corrected chi connectivity index (χ2v) is 3.94. The Kier molecular flexibility index (Phi) is 2.03. The van der Waals surface area contributed by atoms with Gasteiger partial charge in [-0.05, 0) is 36.1 Å². The monoisotopic (exact) mass is 201 g/mol. The van der Waals surface area contributed by atoms with Crippen LogP contribution in [0.1, 0.15) is 23.6 Å². The first-order valence-electron chi connectivity index (χ1n) is 3.92. The first-order chi connectivity index (χ1) is 5.68. The summed E-state index contributed by atoms with van der Waals surface area (Å²) in [5, 5.41) is 1.43. The van der Waals surface area contributed by atoms with Gasteiger partial charge in [-0.2, -0.15) is 0 Å². The topological polar surface area (TPSA) is 26.0 Å². The summed E-state index contributed by atoms with van der Waals surface area (Å²) in [4.78, 5) is 0. The van der Waals surface area contributed by atoms with Crippen LogP contribution in [0.3, 0.4) is 0 Å². The molecule has 12 heavy (non-hydrogen) atoms. The SMILES string of the molecule is NC1CCc2c(Cl)cc(Cl)cc21. The molecule has 1 atom stereocenters. The Morgan fingerprint density at radius 2 is 2.08 bits per heavy atom. The summed E-state index contributed by atoms with van der Waals surface area (Å²) in [6.45, 7) is 0. The zero-order valence-electron chi connectivity index (χ0n) is 6.48. The molecule has 1 nitrogen and oxygen atoms in total. The van der Waals surface area contributed by atoms with Crippen LogP contribution < -0.4 is 5.73 Å². The number of halogens is 2. The third-order valence-corrected chi connectivity index (χ3v) is 2.86. The molecule has 0 amide bonds. The van der Waals surface area contributed by atoms with Crippen LogP contribution >= 0.6 is 23.2 Å². The molecule has 1 aliphatic rings. The van der Waals surface area contributed by atoms with Gasteiger partial charge in [0.2, 0.25) is 0 Å². The maximum absolute atomic E-state index is 6.00. The molecule has 0 aromatic heterocycles. The molecule has 0 heterocycles. The molecule has 1 unspecified atom stereocenters. The van der Waals surface area contributed by atoms with Crippen molar-refractivity contribution in [1.82, 2.24) is 0 Å². The fraction of sp³-hybridized carbons (Fsp3) is 0.333. The van der Waals surface area contributed by atoms with E-state index in [9.17, 15) is 0 Å². The molecule has 2 N–H and O–H groups in total. The van der Waals surface area contributed by atoms with Crippen LogP contribution in [0.15, 0.2) is 12.1 Å². The van der Waals surface area contributed by atoms with Crippen molar-refractivity contribution < 1.29 is 0 Å². The minimum Gasteiger partial charge on any atom is -0.324 e. The fourth-order valence-electron chi connectivity index (χ4n) is 1.67. The van der Waals surface area contributed by atoms with Gasteiger partial charge >= 0.3 is 0 Å². The number of benzene rings is 1. The van der Waals surface area contributed by atoms with Gasteiger partial charge in [-0.1, -0.05) is 23.2 Å². The van der Waals surface area contributed by atoms with E-state index in [1.165, 1.54) is 5.56 Å². The van der Waals surface area contributed by atoms with Crippen molar-refractivity contribution in [2.75, 3.05) is 0 Å². The molecule has 0 aliphatic heterocycles. The van der Waals surface area contributed by atoms with Crippen molar-refractivity contribution in [1.29, 1.82) is 0 Å². The highest BCUT2D eigenvalue weighted by Crippen LogP contribution is 2.36. The Labute approximate surface area is 81.5 Å². The van der Waals surface area contributed by atoms with Gasteiger partial charge in [0.25, 0.3) is 0 Å². The Hall–Kier alpha value is -0.240. The van der Waals surface area contributed by atoms with Gasteiger partial charge in [-0.3, -0.25) is 0 Å². The molecule has 0 bridgehead atoms. The molecule has 2 rings (SSSR count). The van der Waals surface area contributed by atoms with Crippen LogP contribution in [0.2, 0.25) is 10.0 Å². The van der Waals surface area contributed by atoms with Crippen molar-refractivity contribution in [3.63, 3.8) is 0 Å². The Morgan fingerprint density at radius 3 is 2.83 bits per heavy atom. The third kappa shape index (κ3) is 1.22. The standard InChI is InChI=1S/C9H9Cl2N/c10-5-3-7-6(8(11)4-5)1-2-9(7)12/h3-4,9H,1-2,12H2. The Balaban J connectivity index is 2.60. The van der Waals surface area contributed by atoms with Gasteiger partial charge in [0, 0.05) is 16.1 Å². The van der Waals surface area contributed by atoms with Crippen LogP contribution in [0.5, 0.6) is 0 Å². The normalized spacial score (nSPS) is 21.1. The van der Waals surface area contributed by atoms with Crippen molar-refractivity contribution in [2.45, 2.75) is 18.9 Å². The lowest BCUT2D eigenvalue weighted by Gasteiger charge is -2.05. The number of nitrogens with two attached hydrogens (primary N) is 1. The van der Waals surface area contributed by atoms with E-state index >= 15 is 0 Å². The van der Waals surface area contributed by atoms with Gasteiger partial charge in [0.05, 0.1) is 0 Å². The largest absolute Gasteiger partial charge is 0.324 e. The summed E-state index contributed by atoms with van der Waals surface area (Å²) in [6, 6.07) is 3.82. The van der Waals surface area contributed by atoms with E-state index in [1.807, 2.05) is 6.07 Å². The molecule has 0 saturated heterocycles. The van der Waals surface area contributed by atoms with Crippen molar-refractivity contribution in [3.05, 3.63) is 33.3 Å². The van der Waals surface area contributed by atoms with Crippen molar-refractivity contribution in [3.8, 4) is 0 Å². The van der Waals surface area contributed by atoms with E-state index in [-0.39, 0.29) is 6.04 Å². The molecule has 1 aromatic carbocycles. The predicted molar refractivity (Wildman–Crippen MR) is 51.7 cm³/mol. The number of hydrogen-bond donors (Lipinski definition) is 1. The summed E-state index contributed by atoms with van der Waals surface area (Å²) in [5.41, 5.74) is 8.16. The molecule has 0 saturated carbocycles. The molecule has 0 radical (unpaired) electrons. The van der Waals surface area contributed by atoms with Crippen LogP contribution in [0, 0.1) is 0 Å². The Morgan fingerprint density at radius 1 is 1.33 bits per heavy atom. The molecule has 3 heteroatoms. The lowest BCUT2D eigenvalue weighted by molar-refractivity contribution is 0.713. The number of rotatable bonds is 0. The van der Waals surface area contributed by atoms with Gasteiger partial charge in [0.15, 0.2) is 0 Å². The molecular weight excluding hydrogens is 193 g/mol. The third-order valence-electron chi connectivity index (χ3n) is 2.30. The van der Waals surface area contributed by atoms with Gasteiger partial charge in [0.1, 0.15) is 0 Å². The molecule has 1 aliphatic carbocycles. The molecule has 1 aromatic rings. The Bertz CT molecular complexity index is 323. The van der Waals surface area contributed by atoms with Crippen LogP contribution in [0.25, 0.3) is 0 Å². The predicted octanol–water partition coefficient (Wildman–Crippen LogP) is 2.94. The van der Waals surface area contributed by atoms with E-state index in [4.69, 9.17) is 28.9 Å². The zero-order valence-corrected chi connectivity index (χ0v) is 7.99. The van der Waals surface area contributed by atoms with E-state index in [0.717, 1.165) is 23.4 Å². The summed E-state index contributed by atoms with van der Waals surface area (Å²) in [6.07, 6.45) is 1.96. The van der Waals surface area contributed by atoms with Crippen LogP contribution in [0.4, 0.5) is 0 Å². The van der Waals surface area contributed by atoms with Crippen molar-refractivity contribution >= 4 is 23.2 Å². The van der Waals surface area contributed by atoms with Crippen LogP contribution in [-0.2, 0) is 6.42 Å². The summed E-state index contributed by atoms with van der Waals surface area (Å²) in [5.74, 6) is 0.